The number of anilines is 1. The molecule has 1 aromatic rings. The number of nitrogen functional groups attached to an aromatic ring is 1. The SMILES string of the molecule is CCO[Si](CCCn1nnc(N)n1)(OCC)OCC. The van der Waals surface area contributed by atoms with Crippen molar-refractivity contribution in [2.45, 2.75) is 39.8 Å². The van der Waals surface area contributed by atoms with Crippen LogP contribution in [0.1, 0.15) is 27.2 Å². The van der Waals surface area contributed by atoms with Gasteiger partial charge in [0.15, 0.2) is 0 Å². The Kier molecular flexibility index (Phi) is 6.92. The largest absolute Gasteiger partial charge is 0.500 e. The topological polar surface area (TPSA) is 97.3 Å². The number of aryl methyl sites for hydroxylation is 1. The first-order chi connectivity index (χ1) is 9.15. The van der Waals surface area contributed by atoms with Crippen LogP contribution < -0.4 is 5.73 Å². The van der Waals surface area contributed by atoms with Crippen LogP contribution in [0, 0.1) is 0 Å². The molecular formula is C10H23N5O3Si. The fourth-order valence-corrected chi connectivity index (χ4v) is 4.38. The Morgan fingerprint density at radius 2 is 1.68 bits per heavy atom. The molecule has 0 spiro atoms. The van der Waals surface area contributed by atoms with Crippen molar-refractivity contribution in [2.24, 2.45) is 0 Å². The van der Waals surface area contributed by atoms with Crippen molar-refractivity contribution < 1.29 is 13.3 Å². The predicted molar refractivity (Wildman–Crippen MR) is 72.3 cm³/mol. The lowest BCUT2D eigenvalue weighted by atomic mass is 10.5. The predicted octanol–water partition coefficient (Wildman–Crippen LogP) is 0.694. The molecule has 0 aliphatic rings. The third-order valence-corrected chi connectivity index (χ3v) is 5.55. The Morgan fingerprint density at radius 1 is 1.11 bits per heavy atom. The van der Waals surface area contributed by atoms with E-state index in [-0.39, 0.29) is 5.95 Å². The molecule has 0 amide bonds. The molecule has 8 nitrogen and oxygen atoms in total. The minimum absolute atomic E-state index is 0.183. The quantitative estimate of drug-likeness (QED) is 0.633. The Balaban J connectivity index is 2.50. The van der Waals surface area contributed by atoms with Crippen LogP contribution in [-0.4, -0.2) is 48.8 Å². The number of nitrogens with zero attached hydrogens (tertiary/aromatic N) is 4. The Labute approximate surface area is 114 Å². The molecule has 1 aromatic heterocycles. The highest BCUT2D eigenvalue weighted by Gasteiger charge is 2.39. The van der Waals surface area contributed by atoms with Gasteiger partial charge in [-0.2, -0.15) is 4.80 Å². The summed E-state index contributed by atoms with van der Waals surface area (Å²) in [6.07, 6.45) is 0.794. The summed E-state index contributed by atoms with van der Waals surface area (Å²) in [5.74, 6) is 0.183. The Morgan fingerprint density at radius 3 is 2.11 bits per heavy atom. The van der Waals surface area contributed by atoms with Gasteiger partial charge in [0, 0.05) is 25.9 Å². The third kappa shape index (κ3) is 5.23. The minimum atomic E-state index is -2.56. The van der Waals surface area contributed by atoms with E-state index in [1.165, 1.54) is 4.80 Å². The van der Waals surface area contributed by atoms with E-state index in [1.807, 2.05) is 20.8 Å². The molecule has 9 heteroatoms. The van der Waals surface area contributed by atoms with Gasteiger partial charge in [-0.25, -0.2) is 0 Å². The average molecular weight is 289 g/mol. The molecule has 0 aromatic carbocycles. The molecule has 1 rings (SSSR count). The van der Waals surface area contributed by atoms with Crippen molar-refractivity contribution in [3.05, 3.63) is 0 Å². The summed E-state index contributed by atoms with van der Waals surface area (Å²) in [6, 6.07) is 0.726. The summed E-state index contributed by atoms with van der Waals surface area (Å²) in [5.41, 5.74) is 5.41. The third-order valence-electron chi connectivity index (χ3n) is 2.40. The number of aromatic nitrogens is 4. The zero-order chi connectivity index (χ0) is 14.1. The maximum atomic E-state index is 5.76. The van der Waals surface area contributed by atoms with Gasteiger partial charge < -0.3 is 19.0 Å². The molecule has 0 atom stereocenters. The van der Waals surface area contributed by atoms with Crippen LogP contribution in [0.4, 0.5) is 5.95 Å². The highest BCUT2D eigenvalue weighted by molar-refractivity contribution is 6.60. The second-order valence-corrected chi connectivity index (χ2v) is 6.56. The van der Waals surface area contributed by atoms with Crippen molar-refractivity contribution in [3.63, 3.8) is 0 Å². The van der Waals surface area contributed by atoms with E-state index in [1.54, 1.807) is 0 Å². The summed E-state index contributed by atoms with van der Waals surface area (Å²) < 4.78 is 17.3. The van der Waals surface area contributed by atoms with Crippen LogP contribution in [0.5, 0.6) is 0 Å². The van der Waals surface area contributed by atoms with E-state index < -0.39 is 8.80 Å². The summed E-state index contributed by atoms with van der Waals surface area (Å²) in [6.45, 7) is 8.20. The monoisotopic (exact) mass is 289 g/mol. The van der Waals surface area contributed by atoms with Gasteiger partial charge in [-0.05, 0) is 32.4 Å². The van der Waals surface area contributed by atoms with Gasteiger partial charge in [0.1, 0.15) is 0 Å². The van der Waals surface area contributed by atoms with E-state index in [9.17, 15) is 0 Å². The van der Waals surface area contributed by atoms with Crippen LogP contribution in [0.2, 0.25) is 6.04 Å². The van der Waals surface area contributed by atoms with Gasteiger partial charge in [0.2, 0.25) is 0 Å². The van der Waals surface area contributed by atoms with E-state index in [2.05, 4.69) is 15.4 Å². The fraction of sp³-hybridized carbons (Fsp3) is 0.900. The van der Waals surface area contributed by atoms with Crippen LogP contribution in [-0.2, 0) is 19.8 Å². The lowest BCUT2D eigenvalue weighted by Gasteiger charge is -2.28. The smallest absolute Gasteiger partial charge is 0.374 e. The van der Waals surface area contributed by atoms with Crippen molar-refractivity contribution in [3.8, 4) is 0 Å². The number of nitrogens with two attached hydrogens (primary N) is 1. The molecule has 2 N–H and O–H groups in total. The van der Waals surface area contributed by atoms with Crippen LogP contribution in [0.25, 0.3) is 0 Å². The maximum Gasteiger partial charge on any atom is 0.500 e. The average Bonchev–Trinajstić information content (AvgIpc) is 2.76. The maximum absolute atomic E-state index is 5.76. The molecule has 0 unspecified atom stereocenters. The molecule has 0 aliphatic heterocycles. The molecule has 0 saturated carbocycles. The van der Waals surface area contributed by atoms with E-state index >= 15 is 0 Å². The summed E-state index contributed by atoms with van der Waals surface area (Å²) in [4.78, 5) is 1.47. The van der Waals surface area contributed by atoms with E-state index in [0.717, 1.165) is 12.5 Å². The highest BCUT2D eigenvalue weighted by Crippen LogP contribution is 2.18. The van der Waals surface area contributed by atoms with Gasteiger partial charge >= 0.3 is 8.80 Å². The second-order valence-electron chi connectivity index (χ2n) is 3.83. The second kappa shape index (κ2) is 8.20. The fourth-order valence-electron chi connectivity index (χ4n) is 1.79. The molecule has 19 heavy (non-hydrogen) atoms. The Hall–Kier alpha value is -1.03. The van der Waals surface area contributed by atoms with Crippen molar-refractivity contribution in [2.75, 3.05) is 25.6 Å². The molecule has 0 bridgehead atoms. The summed E-state index contributed by atoms with van der Waals surface area (Å²) in [7, 11) is -2.56. The molecule has 0 fully saturated rings. The first-order valence-electron chi connectivity index (χ1n) is 6.61. The zero-order valence-electron chi connectivity index (χ0n) is 11.8. The number of hydrogen-bond donors (Lipinski definition) is 1. The molecule has 0 radical (unpaired) electrons. The van der Waals surface area contributed by atoms with Gasteiger partial charge in [-0.3, -0.25) is 0 Å². The lowest BCUT2D eigenvalue weighted by Crippen LogP contribution is -2.46. The van der Waals surface area contributed by atoms with Crippen LogP contribution >= 0.6 is 0 Å². The van der Waals surface area contributed by atoms with Crippen LogP contribution in [0.15, 0.2) is 0 Å². The van der Waals surface area contributed by atoms with Gasteiger partial charge in [0.25, 0.3) is 5.95 Å². The lowest BCUT2D eigenvalue weighted by molar-refractivity contribution is 0.0703. The number of rotatable bonds is 10. The van der Waals surface area contributed by atoms with Gasteiger partial charge in [-0.1, -0.05) is 5.10 Å². The van der Waals surface area contributed by atoms with Crippen molar-refractivity contribution in [1.29, 1.82) is 0 Å². The summed E-state index contributed by atoms with van der Waals surface area (Å²) >= 11 is 0. The first kappa shape index (κ1) is 16.0. The minimum Gasteiger partial charge on any atom is -0.374 e. The molecule has 110 valence electrons. The van der Waals surface area contributed by atoms with E-state index in [0.29, 0.717) is 26.4 Å². The molecule has 1 heterocycles. The Bertz CT molecular complexity index is 346. The van der Waals surface area contributed by atoms with E-state index in [4.69, 9.17) is 19.0 Å². The normalized spacial score (nSPS) is 11.9. The van der Waals surface area contributed by atoms with Crippen LogP contribution in [0.3, 0.4) is 0 Å². The van der Waals surface area contributed by atoms with Crippen molar-refractivity contribution >= 4 is 14.8 Å². The molecular weight excluding hydrogens is 266 g/mol. The number of tetrazole rings is 1. The zero-order valence-corrected chi connectivity index (χ0v) is 12.8. The highest BCUT2D eigenvalue weighted by atomic mass is 28.4. The molecule has 0 saturated heterocycles. The van der Waals surface area contributed by atoms with Crippen molar-refractivity contribution in [1.82, 2.24) is 20.2 Å². The number of hydrogen-bond acceptors (Lipinski definition) is 7. The standard InChI is InChI=1S/C10H23N5O3Si/c1-4-16-19(17-5-2,18-6-3)9-7-8-15-13-10(11)12-14-15/h4-9H2,1-3H3,(H2,11,13). The van der Waals surface area contributed by atoms with Gasteiger partial charge in [0.05, 0.1) is 6.54 Å². The molecule has 0 aliphatic carbocycles. The summed E-state index contributed by atoms with van der Waals surface area (Å²) in [5, 5.41) is 11.4. The first-order valence-corrected chi connectivity index (χ1v) is 8.54. The van der Waals surface area contributed by atoms with Gasteiger partial charge in [-0.15, -0.1) is 5.10 Å².